The number of benzene rings is 2. The minimum Gasteiger partial charge on any atom is -0.507 e. The maximum atomic E-state index is 12.1. The van der Waals surface area contributed by atoms with Gasteiger partial charge in [-0.2, -0.15) is 0 Å². The fourth-order valence-electron chi connectivity index (χ4n) is 2.47. The van der Waals surface area contributed by atoms with Crippen molar-refractivity contribution in [3.05, 3.63) is 81.4 Å². The molecular weight excluding hydrogens is 314 g/mol. The predicted octanol–water partition coefficient (Wildman–Crippen LogP) is 2.73. The van der Waals surface area contributed by atoms with Gasteiger partial charge in [0.25, 0.3) is 11.5 Å². The summed E-state index contributed by atoms with van der Waals surface area (Å²) in [5, 5.41) is 21.3. The van der Waals surface area contributed by atoms with E-state index in [9.17, 15) is 24.8 Å². The molecule has 0 saturated carbocycles. The third kappa shape index (κ3) is 2.63. The molecule has 7 nitrogen and oxygen atoms in total. The number of ketones is 1. The van der Waals surface area contributed by atoms with Crippen LogP contribution in [0.5, 0.6) is 0 Å². The number of nitro benzene ring substituents is 1. The van der Waals surface area contributed by atoms with Gasteiger partial charge in [0.05, 0.1) is 10.5 Å². The predicted molar refractivity (Wildman–Crippen MR) is 82.9 cm³/mol. The number of cyclic esters (lactones) is 1. The Hall–Kier alpha value is -3.48. The fourth-order valence-corrected chi connectivity index (χ4v) is 2.47. The molecule has 1 unspecified atom stereocenters. The minimum atomic E-state index is -1.19. The second-order valence-corrected chi connectivity index (χ2v) is 5.09. The van der Waals surface area contributed by atoms with Crippen molar-refractivity contribution in [3.63, 3.8) is 0 Å². The lowest BCUT2D eigenvalue weighted by atomic mass is 9.96. The van der Waals surface area contributed by atoms with Crippen LogP contribution in [0.4, 0.5) is 5.69 Å². The number of aliphatic hydroxyl groups excluding tert-OH is 1. The van der Waals surface area contributed by atoms with Crippen LogP contribution in [0.25, 0.3) is 5.76 Å². The van der Waals surface area contributed by atoms with Crippen LogP contribution in [0.3, 0.4) is 0 Å². The first-order chi connectivity index (χ1) is 11.5. The lowest BCUT2D eigenvalue weighted by Crippen LogP contribution is -2.08. The van der Waals surface area contributed by atoms with Crippen molar-refractivity contribution in [3.8, 4) is 0 Å². The van der Waals surface area contributed by atoms with Crippen LogP contribution in [0, 0.1) is 10.1 Å². The van der Waals surface area contributed by atoms with Crippen LogP contribution in [-0.2, 0) is 14.3 Å². The van der Waals surface area contributed by atoms with Crippen molar-refractivity contribution >= 4 is 23.2 Å². The van der Waals surface area contributed by atoms with E-state index in [4.69, 9.17) is 4.74 Å². The van der Waals surface area contributed by atoms with Gasteiger partial charge in [0.2, 0.25) is 0 Å². The number of carbonyl (C=O) groups excluding carboxylic acids is 2. The van der Waals surface area contributed by atoms with E-state index < -0.39 is 22.8 Å². The molecule has 1 atom stereocenters. The number of non-ortho nitro benzene ring substituents is 1. The topological polar surface area (TPSA) is 107 Å². The van der Waals surface area contributed by atoms with E-state index in [0.29, 0.717) is 5.56 Å². The average Bonchev–Trinajstić information content (AvgIpc) is 2.90. The standard InChI is InChI=1S/C17H11NO6/c19-14(10-5-2-1-3-6-10)13-15(20)17(21)24-16(13)11-7-4-8-12(9-11)18(22)23/h1-9,16,19H/b14-13-. The van der Waals surface area contributed by atoms with Crippen molar-refractivity contribution in [2.45, 2.75) is 6.10 Å². The van der Waals surface area contributed by atoms with Gasteiger partial charge in [-0.15, -0.1) is 0 Å². The van der Waals surface area contributed by atoms with Crippen LogP contribution in [0.2, 0.25) is 0 Å². The molecule has 1 N–H and O–H groups in total. The fraction of sp³-hybridized carbons (Fsp3) is 0.0588. The monoisotopic (exact) mass is 325 g/mol. The van der Waals surface area contributed by atoms with E-state index in [1.165, 1.54) is 24.3 Å². The Balaban J connectivity index is 2.13. The first kappa shape index (κ1) is 15.4. The molecule has 1 fully saturated rings. The quantitative estimate of drug-likeness (QED) is 0.232. The molecule has 2 aromatic rings. The Morgan fingerprint density at radius 3 is 2.46 bits per heavy atom. The second kappa shape index (κ2) is 5.96. The van der Waals surface area contributed by atoms with Crippen molar-refractivity contribution in [2.75, 3.05) is 0 Å². The lowest BCUT2D eigenvalue weighted by Gasteiger charge is -2.12. The number of nitrogens with zero attached hydrogens (tertiary/aromatic N) is 1. The number of aliphatic hydroxyl groups is 1. The molecule has 0 spiro atoms. The Morgan fingerprint density at radius 1 is 1.08 bits per heavy atom. The third-order valence-electron chi connectivity index (χ3n) is 3.60. The smallest absolute Gasteiger partial charge is 0.380 e. The summed E-state index contributed by atoms with van der Waals surface area (Å²) < 4.78 is 5.02. The number of hydrogen-bond acceptors (Lipinski definition) is 6. The maximum Gasteiger partial charge on any atom is 0.380 e. The van der Waals surface area contributed by atoms with Gasteiger partial charge in [-0.25, -0.2) is 4.79 Å². The Morgan fingerprint density at radius 2 is 1.79 bits per heavy atom. The molecule has 0 radical (unpaired) electrons. The van der Waals surface area contributed by atoms with E-state index in [1.54, 1.807) is 30.3 Å². The van der Waals surface area contributed by atoms with E-state index in [-0.39, 0.29) is 22.6 Å². The molecule has 0 bridgehead atoms. The van der Waals surface area contributed by atoms with Gasteiger partial charge in [-0.05, 0) is 0 Å². The molecule has 24 heavy (non-hydrogen) atoms. The molecule has 1 heterocycles. The van der Waals surface area contributed by atoms with Crippen LogP contribution in [-0.4, -0.2) is 21.8 Å². The highest BCUT2D eigenvalue weighted by Crippen LogP contribution is 2.37. The molecule has 1 aliphatic heterocycles. The summed E-state index contributed by atoms with van der Waals surface area (Å²) in [6.07, 6.45) is -1.19. The highest BCUT2D eigenvalue weighted by molar-refractivity contribution is 6.44. The summed E-state index contributed by atoms with van der Waals surface area (Å²) in [6.45, 7) is 0. The highest BCUT2D eigenvalue weighted by atomic mass is 16.6. The van der Waals surface area contributed by atoms with E-state index in [0.717, 1.165) is 0 Å². The van der Waals surface area contributed by atoms with Crippen molar-refractivity contribution < 1.29 is 24.4 Å². The Kier molecular flexibility index (Phi) is 3.83. The number of nitro groups is 1. The highest BCUT2D eigenvalue weighted by Gasteiger charge is 2.42. The SMILES string of the molecule is O=C1OC(c2cccc([N+](=O)[O-])c2)/C(=C(\O)c2ccccc2)C1=O. The van der Waals surface area contributed by atoms with E-state index in [2.05, 4.69) is 0 Å². The first-order valence-corrected chi connectivity index (χ1v) is 6.97. The summed E-state index contributed by atoms with van der Waals surface area (Å²) in [7, 11) is 0. The number of esters is 1. The van der Waals surface area contributed by atoms with E-state index in [1.807, 2.05) is 0 Å². The van der Waals surface area contributed by atoms with Gasteiger partial charge in [0, 0.05) is 23.3 Å². The van der Waals surface area contributed by atoms with E-state index >= 15 is 0 Å². The number of carbonyl (C=O) groups is 2. The molecule has 0 amide bonds. The van der Waals surface area contributed by atoms with Gasteiger partial charge in [-0.1, -0.05) is 42.5 Å². The zero-order valence-corrected chi connectivity index (χ0v) is 12.2. The van der Waals surface area contributed by atoms with Gasteiger partial charge >= 0.3 is 5.97 Å². The van der Waals surface area contributed by atoms with Crippen LogP contribution >= 0.6 is 0 Å². The zero-order valence-electron chi connectivity index (χ0n) is 12.2. The molecule has 120 valence electrons. The molecule has 2 aromatic carbocycles. The van der Waals surface area contributed by atoms with Crippen LogP contribution in [0.15, 0.2) is 60.2 Å². The number of rotatable bonds is 3. The summed E-state index contributed by atoms with van der Waals surface area (Å²) >= 11 is 0. The molecular formula is C17H11NO6. The molecule has 3 rings (SSSR count). The van der Waals surface area contributed by atoms with Gasteiger partial charge < -0.3 is 9.84 Å². The lowest BCUT2D eigenvalue weighted by molar-refractivity contribution is -0.385. The first-order valence-electron chi connectivity index (χ1n) is 6.97. The van der Waals surface area contributed by atoms with Crippen molar-refractivity contribution in [2.24, 2.45) is 0 Å². The largest absolute Gasteiger partial charge is 0.507 e. The molecule has 1 saturated heterocycles. The summed E-state index contributed by atoms with van der Waals surface area (Å²) in [5.74, 6) is -2.46. The second-order valence-electron chi connectivity index (χ2n) is 5.09. The van der Waals surface area contributed by atoms with Crippen LogP contribution < -0.4 is 0 Å². The van der Waals surface area contributed by atoms with Crippen molar-refractivity contribution in [1.29, 1.82) is 0 Å². The Bertz CT molecular complexity index is 872. The zero-order chi connectivity index (χ0) is 17.3. The summed E-state index contributed by atoms with van der Waals surface area (Å²) in [4.78, 5) is 34.1. The molecule has 0 aliphatic carbocycles. The normalized spacial score (nSPS) is 19.1. The Labute approximate surface area is 136 Å². The molecule has 1 aliphatic rings. The van der Waals surface area contributed by atoms with Gasteiger partial charge in [0.15, 0.2) is 6.10 Å². The third-order valence-corrected chi connectivity index (χ3v) is 3.60. The minimum absolute atomic E-state index is 0.207. The molecule has 0 aromatic heterocycles. The molecule has 7 heteroatoms. The number of ether oxygens (including phenoxy) is 1. The van der Waals surface area contributed by atoms with Crippen LogP contribution in [0.1, 0.15) is 17.2 Å². The average molecular weight is 325 g/mol. The summed E-state index contributed by atoms with van der Waals surface area (Å²) in [6, 6.07) is 13.6. The van der Waals surface area contributed by atoms with Crippen molar-refractivity contribution in [1.82, 2.24) is 0 Å². The number of hydrogen-bond donors (Lipinski definition) is 1. The van der Waals surface area contributed by atoms with Gasteiger partial charge in [-0.3, -0.25) is 14.9 Å². The summed E-state index contributed by atoms with van der Waals surface area (Å²) in [5.41, 5.74) is 0.142. The van der Waals surface area contributed by atoms with Gasteiger partial charge in [0.1, 0.15) is 5.76 Å². The maximum absolute atomic E-state index is 12.1. The number of Topliss-reactive ketones (excluding diaryl/α,β-unsaturated/α-hetero) is 1.